The van der Waals surface area contributed by atoms with E-state index < -0.39 is 5.41 Å². The van der Waals surface area contributed by atoms with Gasteiger partial charge in [-0.1, -0.05) is 6.07 Å². The van der Waals surface area contributed by atoms with Crippen molar-refractivity contribution >= 4 is 11.3 Å². The van der Waals surface area contributed by atoms with Gasteiger partial charge < -0.3 is 9.73 Å². The highest BCUT2D eigenvalue weighted by atomic mass is 32.1. The highest BCUT2D eigenvalue weighted by molar-refractivity contribution is 7.13. The van der Waals surface area contributed by atoms with E-state index in [0.29, 0.717) is 28.9 Å². The Kier molecular flexibility index (Phi) is 5.02. The number of aryl methyl sites for hydroxylation is 1. The van der Waals surface area contributed by atoms with Gasteiger partial charge in [0.1, 0.15) is 11.1 Å². The Bertz CT molecular complexity index is 1250. The van der Waals surface area contributed by atoms with Gasteiger partial charge in [-0.15, -0.1) is 21.5 Å². The SMILES string of the molecule is Cc1ncc(-c2ccnc(C3(C#N)CCNCC3)c2)nc1-c1nnc(-c2cccs2)o1. The number of aromatic nitrogens is 5. The minimum absolute atomic E-state index is 0.330. The molecule has 0 bridgehead atoms. The summed E-state index contributed by atoms with van der Waals surface area (Å²) in [5.74, 6) is 0.793. The first-order valence-corrected chi connectivity index (χ1v) is 10.9. The fourth-order valence-electron chi connectivity index (χ4n) is 3.74. The second-order valence-corrected chi connectivity index (χ2v) is 8.40. The van der Waals surface area contributed by atoms with Crippen molar-refractivity contribution in [1.82, 2.24) is 30.5 Å². The standard InChI is InChI=1S/C22H19N7OS/c1-14-19(21-29-28-20(30-21)17-3-2-10-31-17)27-16(12-26-14)15-4-7-25-18(11-15)22(13-23)5-8-24-9-6-22/h2-4,7,10-12,24H,5-6,8-9H2,1H3. The highest BCUT2D eigenvalue weighted by Gasteiger charge is 2.35. The number of hydrogen-bond acceptors (Lipinski definition) is 9. The number of nitriles is 1. The summed E-state index contributed by atoms with van der Waals surface area (Å²) in [6, 6.07) is 10.2. The summed E-state index contributed by atoms with van der Waals surface area (Å²) in [4.78, 5) is 14.7. The van der Waals surface area contributed by atoms with Crippen LogP contribution in [0.3, 0.4) is 0 Å². The number of pyridine rings is 1. The summed E-state index contributed by atoms with van der Waals surface area (Å²) in [6.45, 7) is 3.47. The average Bonchev–Trinajstić information content (AvgIpc) is 3.52. The number of piperidine rings is 1. The Morgan fingerprint density at radius 3 is 2.77 bits per heavy atom. The lowest BCUT2D eigenvalue weighted by atomic mass is 9.77. The lowest BCUT2D eigenvalue weighted by molar-refractivity contribution is 0.375. The number of thiophene rings is 1. The van der Waals surface area contributed by atoms with E-state index in [4.69, 9.17) is 9.40 Å². The van der Waals surface area contributed by atoms with Gasteiger partial charge in [-0.25, -0.2) is 4.98 Å². The summed E-state index contributed by atoms with van der Waals surface area (Å²) in [6.07, 6.45) is 4.92. The van der Waals surface area contributed by atoms with E-state index in [0.717, 1.165) is 42.1 Å². The van der Waals surface area contributed by atoms with Gasteiger partial charge in [-0.2, -0.15) is 5.26 Å². The van der Waals surface area contributed by atoms with Crippen LogP contribution in [-0.2, 0) is 5.41 Å². The summed E-state index contributed by atoms with van der Waals surface area (Å²) < 4.78 is 5.86. The normalized spacial score (nSPS) is 15.5. The maximum Gasteiger partial charge on any atom is 0.268 e. The minimum Gasteiger partial charge on any atom is -0.414 e. The molecule has 0 aromatic carbocycles. The number of hydrogen-bond donors (Lipinski definition) is 1. The zero-order valence-electron chi connectivity index (χ0n) is 16.9. The van der Waals surface area contributed by atoms with Crippen molar-refractivity contribution in [3.05, 3.63) is 53.4 Å². The third-order valence-electron chi connectivity index (χ3n) is 5.53. The molecule has 5 heterocycles. The molecule has 0 saturated carbocycles. The largest absolute Gasteiger partial charge is 0.414 e. The molecule has 0 aliphatic carbocycles. The molecule has 1 aliphatic heterocycles. The molecule has 4 aromatic heterocycles. The zero-order valence-corrected chi connectivity index (χ0v) is 17.7. The molecule has 4 aromatic rings. The van der Waals surface area contributed by atoms with Gasteiger partial charge in [0.05, 0.1) is 34.2 Å². The monoisotopic (exact) mass is 429 g/mol. The predicted molar refractivity (Wildman–Crippen MR) is 116 cm³/mol. The van der Waals surface area contributed by atoms with Crippen LogP contribution in [0.2, 0.25) is 0 Å². The van der Waals surface area contributed by atoms with Gasteiger partial charge >= 0.3 is 0 Å². The maximum absolute atomic E-state index is 9.89. The van der Waals surface area contributed by atoms with Gasteiger partial charge in [-0.05, 0) is 56.4 Å². The fraction of sp³-hybridized carbons (Fsp3) is 0.273. The highest BCUT2D eigenvalue weighted by Crippen LogP contribution is 2.34. The summed E-state index contributed by atoms with van der Waals surface area (Å²) >= 11 is 1.54. The van der Waals surface area contributed by atoms with Gasteiger partial charge in [0.2, 0.25) is 0 Å². The number of nitrogens with one attached hydrogen (secondary N) is 1. The molecule has 1 N–H and O–H groups in total. The molecule has 31 heavy (non-hydrogen) atoms. The number of nitrogens with zero attached hydrogens (tertiary/aromatic N) is 6. The quantitative estimate of drug-likeness (QED) is 0.521. The topological polar surface area (TPSA) is 113 Å². The molecule has 0 atom stereocenters. The zero-order chi connectivity index (χ0) is 21.3. The van der Waals surface area contributed by atoms with Gasteiger partial charge in [0, 0.05) is 11.8 Å². The van der Waals surface area contributed by atoms with Crippen molar-refractivity contribution in [1.29, 1.82) is 5.26 Å². The van der Waals surface area contributed by atoms with Crippen molar-refractivity contribution in [3.8, 4) is 39.7 Å². The van der Waals surface area contributed by atoms with E-state index in [9.17, 15) is 5.26 Å². The van der Waals surface area contributed by atoms with Gasteiger partial charge in [-0.3, -0.25) is 9.97 Å². The fourth-order valence-corrected chi connectivity index (χ4v) is 4.38. The Morgan fingerprint density at radius 1 is 1.16 bits per heavy atom. The first kappa shape index (κ1) is 19.5. The minimum atomic E-state index is -0.579. The molecule has 8 nitrogen and oxygen atoms in total. The first-order valence-electron chi connectivity index (χ1n) is 9.99. The van der Waals surface area contributed by atoms with Gasteiger partial charge in [0.25, 0.3) is 11.8 Å². The van der Waals surface area contributed by atoms with Crippen LogP contribution in [0.25, 0.3) is 33.6 Å². The molecule has 1 aliphatic rings. The molecule has 0 unspecified atom stereocenters. The van der Waals surface area contributed by atoms with Crippen LogP contribution in [0.1, 0.15) is 24.2 Å². The molecule has 1 fully saturated rings. The smallest absolute Gasteiger partial charge is 0.268 e. The predicted octanol–water partition coefficient (Wildman–Crippen LogP) is 3.77. The van der Waals surface area contributed by atoms with Crippen LogP contribution in [-0.4, -0.2) is 38.2 Å². The van der Waals surface area contributed by atoms with Crippen LogP contribution in [0, 0.1) is 18.3 Å². The second kappa shape index (κ2) is 7.98. The average molecular weight is 430 g/mol. The van der Waals surface area contributed by atoms with Crippen molar-refractivity contribution < 1.29 is 4.42 Å². The molecule has 1 saturated heterocycles. The maximum atomic E-state index is 9.89. The van der Waals surface area contributed by atoms with Gasteiger partial charge in [0.15, 0.2) is 0 Å². The molecule has 0 spiro atoms. The van der Waals surface area contributed by atoms with E-state index in [-0.39, 0.29) is 0 Å². The second-order valence-electron chi connectivity index (χ2n) is 7.45. The van der Waals surface area contributed by atoms with E-state index in [1.54, 1.807) is 12.4 Å². The lowest BCUT2D eigenvalue weighted by Gasteiger charge is -2.30. The third kappa shape index (κ3) is 3.60. The summed E-state index contributed by atoms with van der Waals surface area (Å²) in [7, 11) is 0. The van der Waals surface area contributed by atoms with Crippen LogP contribution >= 0.6 is 11.3 Å². The molecular formula is C22H19N7OS. The van der Waals surface area contributed by atoms with Crippen molar-refractivity contribution in [2.75, 3.05) is 13.1 Å². The van der Waals surface area contributed by atoms with E-state index in [1.807, 2.05) is 36.6 Å². The van der Waals surface area contributed by atoms with E-state index in [1.165, 1.54) is 11.3 Å². The molecule has 0 amide bonds. The first-order chi connectivity index (χ1) is 15.2. The van der Waals surface area contributed by atoms with Crippen molar-refractivity contribution in [2.45, 2.75) is 25.2 Å². The Morgan fingerprint density at radius 2 is 2.00 bits per heavy atom. The van der Waals surface area contributed by atoms with Crippen LogP contribution in [0.5, 0.6) is 0 Å². The van der Waals surface area contributed by atoms with E-state index >= 15 is 0 Å². The molecule has 5 rings (SSSR count). The molecular weight excluding hydrogens is 410 g/mol. The summed E-state index contributed by atoms with van der Waals surface area (Å²) in [5.41, 5.74) is 2.96. The lowest BCUT2D eigenvalue weighted by Crippen LogP contribution is -2.39. The third-order valence-corrected chi connectivity index (χ3v) is 6.39. The Balaban J connectivity index is 1.52. The molecule has 0 radical (unpaired) electrons. The van der Waals surface area contributed by atoms with Crippen molar-refractivity contribution in [2.24, 2.45) is 0 Å². The Labute approximate surface area is 183 Å². The van der Waals surface area contributed by atoms with Crippen LogP contribution < -0.4 is 5.32 Å². The van der Waals surface area contributed by atoms with Crippen LogP contribution in [0.15, 0.2) is 46.5 Å². The number of rotatable bonds is 4. The van der Waals surface area contributed by atoms with E-state index in [2.05, 4.69) is 31.6 Å². The van der Waals surface area contributed by atoms with Crippen LogP contribution in [0.4, 0.5) is 0 Å². The summed E-state index contributed by atoms with van der Waals surface area (Å²) in [5, 5.41) is 23.5. The Hall–Kier alpha value is -3.48. The molecule has 9 heteroatoms. The molecule has 154 valence electrons. The van der Waals surface area contributed by atoms with Crippen molar-refractivity contribution in [3.63, 3.8) is 0 Å².